The van der Waals surface area contributed by atoms with Crippen molar-refractivity contribution in [3.8, 4) is 17.3 Å². The van der Waals surface area contributed by atoms with E-state index in [1.54, 1.807) is 30.5 Å². The van der Waals surface area contributed by atoms with Crippen LogP contribution in [0, 0.1) is 17.1 Å². The van der Waals surface area contributed by atoms with Crippen molar-refractivity contribution in [2.75, 3.05) is 5.32 Å². The van der Waals surface area contributed by atoms with E-state index in [0.29, 0.717) is 16.9 Å². The van der Waals surface area contributed by atoms with Gasteiger partial charge in [-0.2, -0.15) is 5.26 Å². The predicted molar refractivity (Wildman–Crippen MR) is 93.8 cm³/mol. The Hall–Kier alpha value is -3.23. The van der Waals surface area contributed by atoms with Gasteiger partial charge in [-0.3, -0.25) is 9.78 Å². The zero-order valence-electron chi connectivity index (χ0n) is 12.8. The fourth-order valence-corrected chi connectivity index (χ4v) is 2.46. The van der Waals surface area contributed by atoms with Crippen molar-refractivity contribution in [2.24, 2.45) is 0 Å². The fourth-order valence-electron chi connectivity index (χ4n) is 2.25. The molecule has 0 radical (unpaired) electrons. The molecule has 3 rings (SSSR count). The average Bonchev–Trinajstić information content (AvgIpc) is 2.63. The molecular formula is C19H11ClFN3O. The number of hydrogen-bond acceptors (Lipinski definition) is 3. The molecule has 1 amide bonds. The van der Waals surface area contributed by atoms with E-state index < -0.39 is 5.91 Å². The molecule has 0 unspecified atom stereocenters. The molecule has 1 N–H and O–H groups in total. The minimum absolute atomic E-state index is 0.209. The first kappa shape index (κ1) is 16.6. The number of pyridine rings is 1. The van der Waals surface area contributed by atoms with Gasteiger partial charge < -0.3 is 5.32 Å². The van der Waals surface area contributed by atoms with Crippen LogP contribution in [0.4, 0.5) is 10.1 Å². The number of amides is 1. The minimum Gasteiger partial charge on any atom is -0.322 e. The number of nitrogens with zero attached hydrogens (tertiary/aromatic N) is 2. The van der Waals surface area contributed by atoms with Crippen molar-refractivity contribution >= 4 is 23.2 Å². The Morgan fingerprint density at radius 2 is 1.88 bits per heavy atom. The van der Waals surface area contributed by atoms with Gasteiger partial charge in [0.15, 0.2) is 0 Å². The number of hydrogen-bond donors (Lipinski definition) is 1. The molecule has 0 aliphatic rings. The Balaban J connectivity index is 1.86. The second kappa shape index (κ2) is 7.12. The Labute approximate surface area is 148 Å². The Morgan fingerprint density at radius 1 is 1.12 bits per heavy atom. The van der Waals surface area contributed by atoms with Crippen LogP contribution < -0.4 is 5.32 Å². The first-order valence-electron chi connectivity index (χ1n) is 7.30. The topological polar surface area (TPSA) is 65.8 Å². The number of rotatable bonds is 3. The summed E-state index contributed by atoms with van der Waals surface area (Å²) in [5.41, 5.74) is 2.38. The number of nitriles is 1. The summed E-state index contributed by atoms with van der Waals surface area (Å²) in [4.78, 5) is 16.6. The van der Waals surface area contributed by atoms with Crippen LogP contribution in [0.1, 0.15) is 15.9 Å². The Bertz CT molecular complexity index is 981. The van der Waals surface area contributed by atoms with Gasteiger partial charge in [0.1, 0.15) is 5.82 Å². The Morgan fingerprint density at radius 3 is 2.60 bits per heavy atom. The largest absolute Gasteiger partial charge is 0.322 e. The molecule has 4 nitrogen and oxygen atoms in total. The molecular weight excluding hydrogens is 341 g/mol. The van der Waals surface area contributed by atoms with E-state index >= 15 is 0 Å². The van der Waals surface area contributed by atoms with Gasteiger partial charge in [0, 0.05) is 17.4 Å². The number of carbonyl (C=O) groups is 1. The highest BCUT2D eigenvalue weighted by Gasteiger charge is 2.12. The third-order valence-electron chi connectivity index (χ3n) is 3.50. The highest BCUT2D eigenvalue weighted by Crippen LogP contribution is 2.22. The van der Waals surface area contributed by atoms with Crippen molar-refractivity contribution in [2.45, 2.75) is 0 Å². The van der Waals surface area contributed by atoms with E-state index in [2.05, 4.69) is 10.3 Å². The summed E-state index contributed by atoms with van der Waals surface area (Å²) >= 11 is 6.04. The average molecular weight is 352 g/mol. The molecule has 0 aliphatic heterocycles. The van der Waals surface area contributed by atoms with Crippen molar-refractivity contribution in [3.05, 3.63) is 82.8 Å². The van der Waals surface area contributed by atoms with Gasteiger partial charge in [-0.15, -0.1) is 0 Å². The van der Waals surface area contributed by atoms with E-state index in [4.69, 9.17) is 16.9 Å². The van der Waals surface area contributed by atoms with Crippen molar-refractivity contribution in [3.63, 3.8) is 0 Å². The van der Waals surface area contributed by atoms with E-state index in [1.165, 1.54) is 30.3 Å². The van der Waals surface area contributed by atoms with Gasteiger partial charge >= 0.3 is 0 Å². The smallest absolute Gasteiger partial charge is 0.257 e. The number of nitrogens with one attached hydrogen (secondary N) is 1. The summed E-state index contributed by atoms with van der Waals surface area (Å²) in [7, 11) is 0. The summed E-state index contributed by atoms with van der Waals surface area (Å²) in [6.07, 6.45) is 1.54. The zero-order valence-corrected chi connectivity index (χ0v) is 13.6. The third kappa shape index (κ3) is 3.82. The lowest BCUT2D eigenvalue weighted by Gasteiger charge is -2.08. The summed E-state index contributed by atoms with van der Waals surface area (Å²) in [5, 5.41) is 11.9. The predicted octanol–water partition coefficient (Wildman–Crippen LogP) is 4.67. The standard InChI is InChI=1S/C19H11ClFN3O/c20-17-6-1-12(11-22)9-16(17)19(25)24-15-7-8-23-18(10-15)13-2-4-14(21)5-3-13/h1-10H,(H,23,24,25). The van der Waals surface area contributed by atoms with Crippen LogP contribution in [0.15, 0.2) is 60.8 Å². The Kier molecular flexibility index (Phi) is 4.73. The maximum absolute atomic E-state index is 13.0. The molecule has 2 aromatic carbocycles. The summed E-state index contributed by atoms with van der Waals surface area (Å²) < 4.78 is 13.0. The zero-order chi connectivity index (χ0) is 17.8. The van der Waals surface area contributed by atoms with Gasteiger partial charge in [-0.05, 0) is 54.6 Å². The molecule has 0 atom stereocenters. The lowest BCUT2D eigenvalue weighted by atomic mass is 10.1. The SMILES string of the molecule is N#Cc1ccc(Cl)c(C(=O)Nc2ccnc(-c3ccc(F)cc3)c2)c1. The number of aromatic nitrogens is 1. The number of carbonyl (C=O) groups excluding carboxylic acids is 1. The second-order valence-electron chi connectivity index (χ2n) is 5.20. The maximum atomic E-state index is 13.0. The number of halogens is 2. The summed E-state index contributed by atoms with van der Waals surface area (Å²) in [5.74, 6) is -0.765. The maximum Gasteiger partial charge on any atom is 0.257 e. The van der Waals surface area contributed by atoms with Crippen LogP contribution in [-0.2, 0) is 0 Å². The highest BCUT2D eigenvalue weighted by molar-refractivity contribution is 6.34. The van der Waals surface area contributed by atoms with E-state index in [-0.39, 0.29) is 16.4 Å². The molecule has 1 heterocycles. The fraction of sp³-hybridized carbons (Fsp3) is 0. The number of benzene rings is 2. The molecule has 1 aromatic heterocycles. The van der Waals surface area contributed by atoms with Gasteiger partial charge in [0.05, 0.1) is 27.9 Å². The van der Waals surface area contributed by atoms with Crippen LogP contribution in [0.3, 0.4) is 0 Å². The van der Waals surface area contributed by atoms with Crippen molar-refractivity contribution in [1.82, 2.24) is 4.98 Å². The molecule has 0 fully saturated rings. The van der Waals surface area contributed by atoms with Crippen LogP contribution in [-0.4, -0.2) is 10.9 Å². The lowest BCUT2D eigenvalue weighted by molar-refractivity contribution is 0.102. The van der Waals surface area contributed by atoms with Crippen molar-refractivity contribution < 1.29 is 9.18 Å². The van der Waals surface area contributed by atoms with E-state index in [9.17, 15) is 9.18 Å². The van der Waals surface area contributed by atoms with Crippen molar-refractivity contribution in [1.29, 1.82) is 5.26 Å². The first-order chi connectivity index (χ1) is 12.1. The van der Waals surface area contributed by atoms with Crippen LogP contribution >= 0.6 is 11.6 Å². The lowest BCUT2D eigenvalue weighted by Crippen LogP contribution is -2.13. The first-order valence-corrected chi connectivity index (χ1v) is 7.67. The molecule has 6 heteroatoms. The molecule has 0 saturated carbocycles. The summed E-state index contributed by atoms with van der Waals surface area (Å²) in [6.45, 7) is 0. The molecule has 0 saturated heterocycles. The van der Waals surface area contributed by atoms with Gasteiger partial charge in [-0.1, -0.05) is 11.6 Å². The second-order valence-corrected chi connectivity index (χ2v) is 5.60. The van der Waals surface area contributed by atoms with Gasteiger partial charge in [0.2, 0.25) is 0 Å². The van der Waals surface area contributed by atoms with Gasteiger partial charge in [-0.25, -0.2) is 4.39 Å². The third-order valence-corrected chi connectivity index (χ3v) is 3.83. The molecule has 25 heavy (non-hydrogen) atoms. The molecule has 0 spiro atoms. The number of anilines is 1. The molecule has 122 valence electrons. The monoisotopic (exact) mass is 351 g/mol. The van der Waals surface area contributed by atoms with E-state index in [1.807, 2.05) is 6.07 Å². The molecule has 3 aromatic rings. The van der Waals surface area contributed by atoms with Crippen LogP contribution in [0.5, 0.6) is 0 Å². The highest BCUT2D eigenvalue weighted by atomic mass is 35.5. The quantitative estimate of drug-likeness (QED) is 0.746. The van der Waals surface area contributed by atoms with Crippen LogP contribution in [0.25, 0.3) is 11.3 Å². The normalized spacial score (nSPS) is 10.1. The van der Waals surface area contributed by atoms with Gasteiger partial charge in [0.25, 0.3) is 5.91 Å². The minimum atomic E-state index is -0.432. The van der Waals surface area contributed by atoms with E-state index in [0.717, 1.165) is 5.56 Å². The molecule has 0 bridgehead atoms. The van der Waals surface area contributed by atoms with Crippen LogP contribution in [0.2, 0.25) is 5.02 Å². The molecule has 0 aliphatic carbocycles. The summed E-state index contributed by atoms with van der Waals surface area (Å²) in [6, 6.07) is 15.7.